The van der Waals surface area contributed by atoms with E-state index in [4.69, 9.17) is 4.42 Å². The standard InChI is InChI=1S/C58H53BN2OSSi/c1-56(2,3)35-26-27-44(38(30-35)34-18-11-10-12-19-34)60-53-50-39(31-40-36-20-13-15-23-46(36)62-54(40)53)37-21-17-25-49-52(37)61(45-22-14-16-24-48(45)64(49,8)9)59(50)51-41-32-42-43(33-47(41)63-55(51)60)58(6,7)29-28-57(42,4)5/h10-27,30-33H,28-29H2,1-9H3. The molecular weight excluding hydrogens is 812 g/mol. The summed E-state index contributed by atoms with van der Waals surface area (Å²) in [7, 11) is -2.11. The lowest BCUT2D eigenvalue weighted by atomic mass is 9.43. The van der Waals surface area contributed by atoms with Crippen molar-refractivity contribution < 1.29 is 4.42 Å². The van der Waals surface area contributed by atoms with E-state index < -0.39 is 8.07 Å². The lowest BCUT2D eigenvalue weighted by molar-refractivity contribution is 0.332. The minimum atomic E-state index is -2.11. The quantitative estimate of drug-likeness (QED) is 0.161. The average molecular weight is 865 g/mol. The van der Waals surface area contributed by atoms with Gasteiger partial charge >= 0.3 is 6.85 Å². The molecule has 0 N–H and O–H groups in total. The van der Waals surface area contributed by atoms with Crippen LogP contribution in [0.3, 0.4) is 0 Å². The molecule has 4 aliphatic rings. The van der Waals surface area contributed by atoms with Crippen molar-refractivity contribution in [2.75, 3.05) is 9.71 Å². The molecule has 64 heavy (non-hydrogen) atoms. The molecule has 13 rings (SSSR count). The molecular formula is C58H53BN2OSSi. The highest BCUT2D eigenvalue weighted by Crippen LogP contribution is 2.56. The molecule has 3 nitrogen and oxygen atoms in total. The fourth-order valence-electron chi connectivity index (χ4n) is 12.2. The monoisotopic (exact) mass is 864 g/mol. The molecule has 0 saturated carbocycles. The number of furan rings is 1. The summed E-state index contributed by atoms with van der Waals surface area (Å²) in [4.78, 5) is 5.45. The molecule has 7 aromatic carbocycles. The third-order valence-electron chi connectivity index (χ3n) is 15.9. The van der Waals surface area contributed by atoms with Crippen molar-refractivity contribution in [2.24, 2.45) is 0 Å². The number of thiophene rings is 1. The Labute approximate surface area is 382 Å². The Bertz CT molecular complexity index is 3500. The maximum Gasteiger partial charge on any atom is 0.334 e. The van der Waals surface area contributed by atoms with Gasteiger partial charge in [-0.25, -0.2) is 0 Å². The molecule has 9 aromatic rings. The molecule has 6 heteroatoms. The van der Waals surface area contributed by atoms with E-state index in [9.17, 15) is 0 Å². The van der Waals surface area contributed by atoms with Gasteiger partial charge in [-0.15, -0.1) is 11.3 Å². The van der Waals surface area contributed by atoms with Gasteiger partial charge in [0.05, 0.1) is 16.4 Å². The molecule has 2 aromatic heterocycles. The summed E-state index contributed by atoms with van der Waals surface area (Å²) in [6, 6.07) is 51.3. The summed E-state index contributed by atoms with van der Waals surface area (Å²) < 4.78 is 8.63. The lowest BCUT2D eigenvalue weighted by Crippen LogP contribution is -2.68. The first kappa shape index (κ1) is 38.6. The first-order valence-electron chi connectivity index (χ1n) is 23.3. The van der Waals surface area contributed by atoms with Gasteiger partial charge in [0, 0.05) is 38.0 Å². The molecule has 0 saturated heterocycles. The normalized spacial score (nSPS) is 17.3. The number of rotatable bonds is 2. The van der Waals surface area contributed by atoms with Gasteiger partial charge in [0.2, 0.25) is 0 Å². The van der Waals surface area contributed by atoms with Crippen LogP contribution >= 0.6 is 11.3 Å². The van der Waals surface area contributed by atoms with E-state index in [0.717, 1.165) is 22.2 Å². The highest BCUT2D eigenvalue weighted by Gasteiger charge is 2.53. The number of hydrogen-bond acceptors (Lipinski definition) is 4. The van der Waals surface area contributed by atoms with Crippen molar-refractivity contribution in [3.8, 4) is 22.3 Å². The molecule has 0 spiro atoms. The highest BCUT2D eigenvalue weighted by atomic mass is 32.1. The Hall–Kier alpha value is -5.82. The van der Waals surface area contributed by atoms with Gasteiger partial charge in [-0.05, 0) is 126 Å². The van der Waals surface area contributed by atoms with Crippen LogP contribution in [-0.4, -0.2) is 14.9 Å². The van der Waals surface area contributed by atoms with Crippen LogP contribution in [0.2, 0.25) is 13.1 Å². The summed E-state index contributed by atoms with van der Waals surface area (Å²) in [5.74, 6) is 0. The maximum atomic E-state index is 7.27. The average Bonchev–Trinajstić information content (AvgIpc) is 3.85. The number of anilines is 5. The zero-order valence-corrected chi connectivity index (χ0v) is 40.2. The summed E-state index contributed by atoms with van der Waals surface area (Å²) in [6.07, 6.45) is 2.36. The Kier molecular flexibility index (Phi) is 7.67. The van der Waals surface area contributed by atoms with Crippen LogP contribution in [0.4, 0.5) is 27.8 Å². The van der Waals surface area contributed by atoms with Crippen molar-refractivity contribution in [2.45, 2.75) is 90.6 Å². The van der Waals surface area contributed by atoms with Crippen molar-refractivity contribution in [3.63, 3.8) is 0 Å². The van der Waals surface area contributed by atoms with Gasteiger partial charge in [-0.3, -0.25) is 4.90 Å². The second-order valence-corrected chi connectivity index (χ2v) is 27.3. The third kappa shape index (κ3) is 5.04. The zero-order chi connectivity index (χ0) is 43.8. The Morgan fingerprint density at radius 3 is 2.09 bits per heavy atom. The summed E-state index contributed by atoms with van der Waals surface area (Å²) >= 11 is 1.98. The SMILES string of the molecule is CC(C)(C)c1ccc(N2c3sc4cc5c(cc4c3B3c4c(cc6c(oc7ccccc76)c42)-c2cccc4c2N3c2ccccc2[Si]4(C)C)C(C)(C)CCC5(C)C)c(-c2ccccc2)c1. The Morgan fingerprint density at radius 2 is 1.31 bits per heavy atom. The van der Waals surface area contributed by atoms with Crippen molar-refractivity contribution in [1.29, 1.82) is 0 Å². The number of para-hydroxylation sites is 3. The van der Waals surface area contributed by atoms with E-state index >= 15 is 0 Å². The number of nitrogens with zero attached hydrogens (tertiary/aromatic N) is 2. The van der Waals surface area contributed by atoms with Gasteiger partial charge in [-0.2, -0.15) is 0 Å². The van der Waals surface area contributed by atoms with E-state index in [2.05, 4.69) is 205 Å². The number of hydrogen-bond donors (Lipinski definition) is 0. The minimum Gasteiger partial charge on any atom is -0.454 e. The van der Waals surface area contributed by atoms with Crippen LogP contribution in [0.1, 0.15) is 78.0 Å². The molecule has 0 radical (unpaired) electrons. The third-order valence-corrected chi connectivity index (χ3v) is 20.5. The molecule has 1 aliphatic carbocycles. The predicted molar refractivity (Wildman–Crippen MR) is 279 cm³/mol. The largest absolute Gasteiger partial charge is 0.454 e. The van der Waals surface area contributed by atoms with Gasteiger partial charge < -0.3 is 9.23 Å². The van der Waals surface area contributed by atoms with E-state index in [1.807, 2.05) is 11.3 Å². The zero-order valence-electron chi connectivity index (χ0n) is 38.4. The van der Waals surface area contributed by atoms with E-state index in [-0.39, 0.29) is 23.1 Å². The van der Waals surface area contributed by atoms with Crippen molar-refractivity contribution in [3.05, 3.63) is 150 Å². The van der Waals surface area contributed by atoms with Gasteiger partial charge in [0.1, 0.15) is 13.7 Å². The summed E-state index contributed by atoms with van der Waals surface area (Å²) in [5.41, 5.74) is 19.2. The van der Waals surface area contributed by atoms with Crippen LogP contribution in [-0.2, 0) is 16.2 Å². The van der Waals surface area contributed by atoms with E-state index in [1.54, 1.807) is 0 Å². The Morgan fingerprint density at radius 1 is 0.609 bits per heavy atom. The highest BCUT2D eigenvalue weighted by molar-refractivity contribution is 7.26. The van der Waals surface area contributed by atoms with E-state index in [1.165, 1.54) is 111 Å². The van der Waals surface area contributed by atoms with Gasteiger partial charge in [-0.1, -0.05) is 153 Å². The van der Waals surface area contributed by atoms with Crippen molar-refractivity contribution in [1.82, 2.24) is 0 Å². The predicted octanol–water partition coefficient (Wildman–Crippen LogP) is 14.0. The fourth-order valence-corrected chi connectivity index (χ4v) is 16.5. The molecule has 0 unspecified atom stereocenters. The van der Waals surface area contributed by atoms with Crippen LogP contribution in [0.15, 0.2) is 138 Å². The minimum absolute atomic E-state index is 0.0332. The second-order valence-electron chi connectivity index (χ2n) is 21.9. The molecule has 3 aliphatic heterocycles. The molecule has 0 amide bonds. The van der Waals surface area contributed by atoms with Crippen LogP contribution < -0.4 is 31.0 Å². The van der Waals surface area contributed by atoms with Crippen molar-refractivity contribution >= 4 is 107 Å². The van der Waals surface area contributed by atoms with E-state index in [0.29, 0.717) is 0 Å². The summed E-state index contributed by atoms with van der Waals surface area (Å²) in [5, 5.41) is 8.01. The molecule has 314 valence electrons. The number of fused-ring (bicyclic) bond motifs is 13. The topological polar surface area (TPSA) is 19.6 Å². The summed E-state index contributed by atoms with van der Waals surface area (Å²) in [6.45, 7) is 21.9. The fraction of sp³-hybridized carbons (Fsp3) is 0.241. The van der Waals surface area contributed by atoms with Gasteiger partial charge in [0.25, 0.3) is 0 Å². The Balaban J connectivity index is 1.25. The smallest absolute Gasteiger partial charge is 0.334 e. The van der Waals surface area contributed by atoms with Crippen LogP contribution in [0.25, 0.3) is 54.3 Å². The first-order chi connectivity index (χ1) is 30.6. The van der Waals surface area contributed by atoms with Crippen LogP contribution in [0.5, 0.6) is 0 Å². The lowest BCUT2D eigenvalue weighted by Gasteiger charge is -2.50. The molecule has 0 bridgehead atoms. The van der Waals surface area contributed by atoms with Gasteiger partial charge in [0.15, 0.2) is 5.58 Å². The molecule has 0 atom stereocenters. The maximum absolute atomic E-state index is 7.27. The second kappa shape index (κ2) is 12.7. The number of benzene rings is 7. The first-order valence-corrected chi connectivity index (χ1v) is 27.1. The van der Waals surface area contributed by atoms with Crippen LogP contribution in [0, 0.1) is 0 Å². The molecule has 5 heterocycles. The molecule has 0 fully saturated rings.